The number of halogens is 3. The van der Waals surface area contributed by atoms with Gasteiger partial charge in [-0.15, -0.1) is 0 Å². The second-order valence-corrected chi connectivity index (χ2v) is 6.93. The van der Waals surface area contributed by atoms with Crippen LogP contribution < -0.4 is 9.47 Å². The molecule has 2 aromatic rings. The topological polar surface area (TPSA) is 35.5 Å². The summed E-state index contributed by atoms with van der Waals surface area (Å²) in [7, 11) is 0. The fourth-order valence-corrected chi connectivity index (χ4v) is 2.79. The quantitative estimate of drug-likeness (QED) is 0.451. The lowest BCUT2D eigenvalue weighted by Crippen LogP contribution is -2.18. The standard InChI is InChI=1S/C17H15BrCl2O3/c1-10(2)13-7-11(18)3-5-15(13)23-17(21)9-22-16-6-4-12(19)8-14(16)20/h3-8,10H,9H2,1-2H3. The molecule has 0 heterocycles. The highest BCUT2D eigenvalue weighted by Gasteiger charge is 2.14. The van der Waals surface area contributed by atoms with Crippen molar-refractivity contribution >= 4 is 45.1 Å². The summed E-state index contributed by atoms with van der Waals surface area (Å²) in [5, 5.41) is 0.846. The Balaban J connectivity index is 2.03. The Morgan fingerprint density at radius 2 is 1.83 bits per heavy atom. The van der Waals surface area contributed by atoms with Gasteiger partial charge in [0.2, 0.25) is 0 Å². The summed E-state index contributed by atoms with van der Waals surface area (Å²) < 4.78 is 11.7. The van der Waals surface area contributed by atoms with Gasteiger partial charge in [-0.25, -0.2) is 4.79 Å². The zero-order chi connectivity index (χ0) is 17.0. The molecular formula is C17H15BrCl2O3. The van der Waals surface area contributed by atoms with Crippen LogP contribution >= 0.6 is 39.1 Å². The first kappa shape index (κ1) is 18.1. The molecule has 0 amide bonds. The van der Waals surface area contributed by atoms with Gasteiger partial charge in [-0.2, -0.15) is 0 Å². The number of rotatable bonds is 5. The van der Waals surface area contributed by atoms with Gasteiger partial charge < -0.3 is 9.47 Å². The van der Waals surface area contributed by atoms with E-state index in [1.807, 2.05) is 26.0 Å². The van der Waals surface area contributed by atoms with Gasteiger partial charge in [0.05, 0.1) is 5.02 Å². The van der Waals surface area contributed by atoms with E-state index in [1.165, 1.54) is 0 Å². The SMILES string of the molecule is CC(C)c1cc(Br)ccc1OC(=O)COc1ccc(Cl)cc1Cl. The Kier molecular flexibility index (Phi) is 6.33. The van der Waals surface area contributed by atoms with Gasteiger partial charge in [-0.05, 0) is 47.9 Å². The van der Waals surface area contributed by atoms with Crippen molar-refractivity contribution in [3.8, 4) is 11.5 Å². The van der Waals surface area contributed by atoms with Crippen molar-refractivity contribution in [1.82, 2.24) is 0 Å². The van der Waals surface area contributed by atoms with Gasteiger partial charge in [0.1, 0.15) is 11.5 Å². The van der Waals surface area contributed by atoms with Crippen LogP contribution in [-0.4, -0.2) is 12.6 Å². The monoisotopic (exact) mass is 416 g/mol. The molecule has 0 aliphatic carbocycles. The lowest BCUT2D eigenvalue weighted by atomic mass is 10.0. The molecule has 0 aromatic heterocycles. The Morgan fingerprint density at radius 1 is 1.13 bits per heavy atom. The van der Waals surface area contributed by atoms with E-state index in [4.69, 9.17) is 32.7 Å². The van der Waals surface area contributed by atoms with Crippen LogP contribution in [0.4, 0.5) is 0 Å². The van der Waals surface area contributed by atoms with Gasteiger partial charge in [0.15, 0.2) is 6.61 Å². The maximum atomic E-state index is 12.0. The summed E-state index contributed by atoms with van der Waals surface area (Å²) in [5.41, 5.74) is 0.942. The van der Waals surface area contributed by atoms with Gasteiger partial charge in [0, 0.05) is 9.50 Å². The third kappa shape index (κ3) is 5.13. The summed E-state index contributed by atoms with van der Waals surface area (Å²) in [4.78, 5) is 12.0. The van der Waals surface area contributed by atoms with Crippen LogP contribution in [0.3, 0.4) is 0 Å². The smallest absolute Gasteiger partial charge is 0.349 e. The van der Waals surface area contributed by atoms with Gasteiger partial charge in [-0.3, -0.25) is 0 Å². The Morgan fingerprint density at radius 3 is 2.48 bits per heavy atom. The lowest BCUT2D eigenvalue weighted by Gasteiger charge is -2.14. The van der Waals surface area contributed by atoms with Crippen molar-refractivity contribution in [2.75, 3.05) is 6.61 Å². The van der Waals surface area contributed by atoms with Crippen molar-refractivity contribution < 1.29 is 14.3 Å². The maximum Gasteiger partial charge on any atom is 0.349 e. The zero-order valence-corrected chi connectivity index (χ0v) is 15.7. The molecule has 0 fully saturated rings. The average Bonchev–Trinajstić information content (AvgIpc) is 2.48. The van der Waals surface area contributed by atoms with E-state index in [-0.39, 0.29) is 12.5 Å². The Hall–Kier alpha value is -1.23. The summed E-state index contributed by atoms with van der Waals surface area (Å²) >= 11 is 15.2. The van der Waals surface area contributed by atoms with E-state index in [9.17, 15) is 4.79 Å². The van der Waals surface area contributed by atoms with E-state index < -0.39 is 5.97 Å². The molecule has 0 N–H and O–H groups in total. The third-order valence-corrected chi connectivity index (χ3v) is 4.08. The summed E-state index contributed by atoms with van der Waals surface area (Å²) in [6.45, 7) is 3.82. The number of ether oxygens (including phenoxy) is 2. The highest BCUT2D eigenvalue weighted by molar-refractivity contribution is 9.10. The molecule has 0 spiro atoms. The number of benzene rings is 2. The zero-order valence-electron chi connectivity index (χ0n) is 12.6. The Bertz CT molecular complexity index is 717. The molecule has 2 aromatic carbocycles. The minimum absolute atomic E-state index is 0.224. The minimum atomic E-state index is -0.500. The van der Waals surface area contributed by atoms with Crippen LogP contribution in [0.5, 0.6) is 11.5 Å². The first-order chi connectivity index (χ1) is 10.9. The van der Waals surface area contributed by atoms with Gasteiger partial charge >= 0.3 is 5.97 Å². The highest BCUT2D eigenvalue weighted by Crippen LogP contribution is 2.30. The molecule has 3 nitrogen and oxygen atoms in total. The molecule has 0 atom stereocenters. The largest absolute Gasteiger partial charge is 0.480 e. The number of hydrogen-bond donors (Lipinski definition) is 0. The highest BCUT2D eigenvalue weighted by atomic mass is 79.9. The number of carbonyl (C=O) groups is 1. The summed E-state index contributed by atoms with van der Waals surface area (Å²) in [6.07, 6.45) is 0. The lowest BCUT2D eigenvalue weighted by molar-refractivity contribution is -0.136. The molecule has 23 heavy (non-hydrogen) atoms. The molecule has 0 saturated heterocycles. The van der Waals surface area contributed by atoms with Crippen molar-refractivity contribution in [2.24, 2.45) is 0 Å². The molecule has 0 radical (unpaired) electrons. The second-order valence-electron chi connectivity index (χ2n) is 5.17. The molecule has 122 valence electrons. The summed E-state index contributed by atoms with van der Waals surface area (Å²) in [6, 6.07) is 10.3. The fourth-order valence-electron chi connectivity index (χ4n) is 1.94. The first-order valence-corrected chi connectivity index (χ1v) is 8.49. The first-order valence-electron chi connectivity index (χ1n) is 6.95. The fraction of sp³-hybridized carbons (Fsp3) is 0.235. The number of hydrogen-bond acceptors (Lipinski definition) is 3. The van der Waals surface area contributed by atoms with E-state index in [1.54, 1.807) is 24.3 Å². The molecule has 0 aliphatic heterocycles. The molecular weight excluding hydrogens is 403 g/mol. The predicted octanol–water partition coefficient (Wildman–Crippen LogP) is 5.86. The van der Waals surface area contributed by atoms with Crippen LogP contribution in [0.2, 0.25) is 10.0 Å². The summed E-state index contributed by atoms with van der Waals surface area (Å²) in [5.74, 6) is 0.633. The number of esters is 1. The van der Waals surface area contributed by atoms with Crippen LogP contribution in [0.15, 0.2) is 40.9 Å². The van der Waals surface area contributed by atoms with Crippen molar-refractivity contribution in [1.29, 1.82) is 0 Å². The predicted molar refractivity (Wildman–Crippen MR) is 95.8 cm³/mol. The van der Waals surface area contributed by atoms with E-state index in [0.717, 1.165) is 10.0 Å². The molecule has 0 bridgehead atoms. The van der Waals surface area contributed by atoms with Gasteiger partial charge in [-0.1, -0.05) is 53.0 Å². The molecule has 0 saturated carbocycles. The van der Waals surface area contributed by atoms with Gasteiger partial charge in [0.25, 0.3) is 0 Å². The van der Waals surface area contributed by atoms with E-state index in [2.05, 4.69) is 15.9 Å². The molecule has 6 heteroatoms. The third-order valence-electron chi connectivity index (χ3n) is 3.06. The van der Waals surface area contributed by atoms with Crippen LogP contribution in [0.25, 0.3) is 0 Å². The molecule has 0 unspecified atom stereocenters. The molecule has 2 rings (SSSR count). The van der Waals surface area contributed by atoms with Crippen molar-refractivity contribution in [3.05, 3.63) is 56.5 Å². The normalized spacial score (nSPS) is 10.7. The van der Waals surface area contributed by atoms with Crippen molar-refractivity contribution in [3.63, 3.8) is 0 Å². The van der Waals surface area contributed by atoms with E-state index in [0.29, 0.717) is 21.5 Å². The molecule has 0 aliphatic rings. The van der Waals surface area contributed by atoms with Crippen LogP contribution in [0, 0.1) is 0 Å². The average molecular weight is 418 g/mol. The minimum Gasteiger partial charge on any atom is -0.480 e. The van der Waals surface area contributed by atoms with Crippen LogP contribution in [0.1, 0.15) is 25.3 Å². The maximum absolute atomic E-state index is 12.0. The van der Waals surface area contributed by atoms with Crippen LogP contribution in [-0.2, 0) is 4.79 Å². The van der Waals surface area contributed by atoms with E-state index >= 15 is 0 Å². The number of carbonyl (C=O) groups excluding carboxylic acids is 1. The van der Waals surface area contributed by atoms with Crippen molar-refractivity contribution in [2.45, 2.75) is 19.8 Å². The Labute approximate surface area is 153 Å². The second kappa shape index (κ2) is 8.04.